The largest absolute Gasteiger partial charge is 0.316 e. The monoisotopic (exact) mass is 444 g/mol. The summed E-state index contributed by atoms with van der Waals surface area (Å²) in [6.45, 7) is 3.99. The van der Waals surface area contributed by atoms with Crippen LogP contribution in [0.25, 0.3) is 10.2 Å². The zero-order valence-corrected chi connectivity index (χ0v) is 18.6. The Hall–Kier alpha value is -2.15. The van der Waals surface area contributed by atoms with Crippen molar-refractivity contribution in [3.63, 3.8) is 0 Å². The third kappa shape index (κ3) is 3.84. The van der Waals surface area contributed by atoms with Crippen LogP contribution >= 0.6 is 34.4 Å². The van der Waals surface area contributed by atoms with Crippen molar-refractivity contribution in [3.05, 3.63) is 37.8 Å². The number of aromatic nitrogens is 2. The predicted octanol–water partition coefficient (Wildman–Crippen LogP) is 4.85. The molecule has 9 heteroatoms. The van der Waals surface area contributed by atoms with Gasteiger partial charge in [0.15, 0.2) is 5.16 Å². The van der Waals surface area contributed by atoms with Crippen LogP contribution in [0.3, 0.4) is 0 Å². The van der Waals surface area contributed by atoms with E-state index in [1.807, 2.05) is 18.4 Å². The van der Waals surface area contributed by atoms with Gasteiger partial charge in [0.1, 0.15) is 15.9 Å². The van der Waals surface area contributed by atoms with Crippen molar-refractivity contribution in [2.45, 2.75) is 50.7 Å². The normalized spacial score (nSPS) is 14.4. The van der Waals surface area contributed by atoms with Gasteiger partial charge in [0.25, 0.3) is 5.56 Å². The number of thioether (sulfide) groups is 1. The number of nitrogens with zero attached hydrogens (tertiary/aromatic N) is 3. The van der Waals surface area contributed by atoms with E-state index >= 15 is 0 Å². The van der Waals surface area contributed by atoms with Crippen LogP contribution in [-0.2, 0) is 4.79 Å². The molecule has 1 fully saturated rings. The molecule has 0 atom stereocenters. The van der Waals surface area contributed by atoms with Gasteiger partial charge >= 0.3 is 0 Å². The van der Waals surface area contributed by atoms with Gasteiger partial charge in [-0.2, -0.15) is 5.26 Å². The van der Waals surface area contributed by atoms with Gasteiger partial charge in [-0.3, -0.25) is 14.2 Å². The van der Waals surface area contributed by atoms with Crippen LogP contribution in [-0.4, -0.2) is 21.2 Å². The number of nitrogens with one attached hydrogen (secondary N) is 1. The Morgan fingerprint density at radius 3 is 2.90 bits per heavy atom. The van der Waals surface area contributed by atoms with E-state index in [1.165, 1.54) is 34.4 Å². The number of carbonyl (C=O) groups is 1. The van der Waals surface area contributed by atoms with Crippen LogP contribution in [0.5, 0.6) is 0 Å². The highest BCUT2D eigenvalue weighted by molar-refractivity contribution is 7.99. The minimum Gasteiger partial charge on any atom is -0.316 e. The van der Waals surface area contributed by atoms with Crippen molar-refractivity contribution in [1.82, 2.24) is 9.55 Å². The maximum Gasteiger partial charge on any atom is 0.263 e. The Morgan fingerprint density at radius 1 is 1.41 bits per heavy atom. The highest BCUT2D eigenvalue weighted by Crippen LogP contribution is 2.34. The quantitative estimate of drug-likeness (QED) is 0.449. The zero-order valence-electron chi connectivity index (χ0n) is 16.2. The topological polar surface area (TPSA) is 87.8 Å². The van der Waals surface area contributed by atoms with E-state index in [0.717, 1.165) is 41.0 Å². The maximum absolute atomic E-state index is 13.3. The van der Waals surface area contributed by atoms with E-state index in [9.17, 15) is 9.59 Å². The molecule has 1 N–H and O–H groups in total. The van der Waals surface area contributed by atoms with E-state index in [1.54, 1.807) is 11.4 Å². The summed E-state index contributed by atoms with van der Waals surface area (Å²) in [5.41, 5.74) is 1.47. The van der Waals surface area contributed by atoms with Crippen molar-refractivity contribution >= 4 is 55.6 Å². The summed E-state index contributed by atoms with van der Waals surface area (Å²) < 4.78 is 1.82. The lowest BCUT2D eigenvalue weighted by Gasteiger charge is -2.18. The Kier molecular flexibility index (Phi) is 5.76. The van der Waals surface area contributed by atoms with Gasteiger partial charge in [-0.15, -0.1) is 22.7 Å². The van der Waals surface area contributed by atoms with Crippen LogP contribution in [0.4, 0.5) is 5.00 Å². The fourth-order valence-electron chi connectivity index (χ4n) is 3.66. The van der Waals surface area contributed by atoms with Gasteiger partial charge < -0.3 is 5.32 Å². The van der Waals surface area contributed by atoms with Gasteiger partial charge in [-0.1, -0.05) is 24.6 Å². The molecule has 29 heavy (non-hydrogen) atoms. The van der Waals surface area contributed by atoms with Gasteiger partial charge in [0.2, 0.25) is 5.91 Å². The number of carbonyl (C=O) groups excluding carboxylic acids is 1. The first kappa shape index (κ1) is 20.1. The van der Waals surface area contributed by atoms with Gasteiger partial charge in [0.05, 0.1) is 16.7 Å². The molecule has 1 saturated carbocycles. The average Bonchev–Trinajstić information content (AvgIpc) is 3.42. The number of hydrogen-bond acceptors (Lipinski definition) is 7. The molecule has 0 radical (unpaired) electrons. The Bertz CT molecular complexity index is 1180. The smallest absolute Gasteiger partial charge is 0.263 e. The highest BCUT2D eigenvalue weighted by Gasteiger charge is 2.25. The van der Waals surface area contributed by atoms with Crippen molar-refractivity contribution in [2.75, 3.05) is 11.1 Å². The van der Waals surface area contributed by atoms with Gasteiger partial charge in [-0.25, -0.2) is 4.98 Å². The van der Waals surface area contributed by atoms with Gasteiger partial charge in [0, 0.05) is 10.9 Å². The number of thiophene rings is 2. The average molecular weight is 445 g/mol. The van der Waals surface area contributed by atoms with E-state index in [-0.39, 0.29) is 23.3 Å². The number of fused-ring (bicyclic) bond motifs is 1. The number of rotatable bonds is 5. The fraction of sp³-hybridized carbons (Fsp3) is 0.400. The molecule has 3 heterocycles. The molecule has 0 unspecified atom stereocenters. The number of nitriles is 1. The Labute approximate surface area is 180 Å². The van der Waals surface area contributed by atoms with E-state index < -0.39 is 0 Å². The molecule has 0 spiro atoms. The zero-order chi connectivity index (χ0) is 20.5. The summed E-state index contributed by atoms with van der Waals surface area (Å²) in [6.07, 6.45) is 4.15. The van der Waals surface area contributed by atoms with Crippen LogP contribution in [0.1, 0.15) is 47.7 Å². The third-order valence-corrected chi connectivity index (χ3v) is 8.15. The molecule has 1 aliphatic carbocycles. The predicted molar refractivity (Wildman–Crippen MR) is 119 cm³/mol. The molecule has 1 amide bonds. The second-order valence-electron chi connectivity index (χ2n) is 7.08. The SMILES string of the molecule is Cc1sc2nc(SCC(=O)Nc3sccc3C#N)n(C3CCCC3)c(=O)c2c1C. The molecular weight excluding hydrogens is 424 g/mol. The first-order valence-electron chi connectivity index (χ1n) is 9.42. The van der Waals surface area contributed by atoms with Gasteiger partial charge in [-0.05, 0) is 43.7 Å². The minimum atomic E-state index is -0.209. The molecule has 150 valence electrons. The standard InChI is InChI=1S/C20H20N4O2S3/c1-11-12(2)29-18-16(11)19(26)24(14-5-3-4-6-14)20(23-18)28-10-15(25)22-17-13(9-21)7-8-27-17/h7-8,14H,3-6,10H2,1-2H3,(H,22,25). The van der Waals surface area contributed by atoms with Crippen LogP contribution in [0.15, 0.2) is 21.4 Å². The third-order valence-electron chi connectivity index (χ3n) is 5.26. The molecule has 0 aliphatic heterocycles. The summed E-state index contributed by atoms with van der Waals surface area (Å²) in [5.74, 6) is -0.0728. The van der Waals surface area contributed by atoms with Crippen LogP contribution in [0, 0.1) is 25.2 Å². The molecular formula is C20H20N4O2S3. The highest BCUT2D eigenvalue weighted by atomic mass is 32.2. The molecule has 0 saturated heterocycles. The lowest BCUT2D eigenvalue weighted by atomic mass is 10.2. The molecule has 0 aromatic carbocycles. The first-order valence-corrected chi connectivity index (χ1v) is 12.1. The fourth-order valence-corrected chi connectivity index (χ4v) is 6.35. The van der Waals surface area contributed by atoms with E-state index in [2.05, 4.69) is 11.4 Å². The molecule has 1 aliphatic rings. The van der Waals surface area contributed by atoms with Crippen LogP contribution < -0.4 is 10.9 Å². The Balaban J connectivity index is 1.64. The van der Waals surface area contributed by atoms with Crippen molar-refractivity contribution in [3.8, 4) is 6.07 Å². The first-order chi connectivity index (χ1) is 14.0. The number of anilines is 1. The summed E-state index contributed by atoms with van der Waals surface area (Å²) >= 11 is 4.14. The molecule has 3 aromatic rings. The lowest BCUT2D eigenvalue weighted by Crippen LogP contribution is -2.27. The number of aryl methyl sites for hydroxylation is 2. The lowest BCUT2D eigenvalue weighted by molar-refractivity contribution is -0.113. The summed E-state index contributed by atoms with van der Waals surface area (Å²) in [5, 5.41) is 15.5. The number of hydrogen-bond donors (Lipinski definition) is 1. The number of amides is 1. The van der Waals surface area contributed by atoms with Crippen molar-refractivity contribution < 1.29 is 4.79 Å². The van der Waals surface area contributed by atoms with E-state index in [4.69, 9.17) is 10.2 Å². The van der Waals surface area contributed by atoms with Crippen molar-refractivity contribution in [1.29, 1.82) is 5.26 Å². The molecule has 3 aromatic heterocycles. The summed E-state index contributed by atoms with van der Waals surface area (Å²) in [4.78, 5) is 32.4. The molecule has 0 bridgehead atoms. The second-order valence-corrected chi connectivity index (χ2v) is 10.1. The second kappa shape index (κ2) is 8.30. The Morgan fingerprint density at radius 2 is 2.17 bits per heavy atom. The summed E-state index contributed by atoms with van der Waals surface area (Å²) in [7, 11) is 0. The minimum absolute atomic E-state index is 0.0108. The van der Waals surface area contributed by atoms with Crippen molar-refractivity contribution in [2.24, 2.45) is 0 Å². The van der Waals surface area contributed by atoms with E-state index in [0.29, 0.717) is 21.1 Å². The molecule has 4 rings (SSSR count). The van der Waals surface area contributed by atoms with Crippen LogP contribution in [0.2, 0.25) is 0 Å². The summed E-state index contributed by atoms with van der Waals surface area (Å²) in [6, 6.07) is 3.90. The maximum atomic E-state index is 13.3. The molecule has 6 nitrogen and oxygen atoms in total.